The molecule has 1 heterocycles. The Labute approximate surface area is 144 Å². The molecule has 4 nitrogen and oxygen atoms in total. The Morgan fingerprint density at radius 2 is 1.74 bits per heavy atom. The van der Waals surface area contributed by atoms with E-state index in [0.717, 1.165) is 0 Å². The molecule has 2 N–H and O–H groups in total. The number of thiophene rings is 1. The van der Waals surface area contributed by atoms with Crippen molar-refractivity contribution < 1.29 is 9.59 Å². The standard InChI is InChI=1S/C9H13NOS.C9H17NO/c1-3-9(11)10-6-8-5-4-7(2)12-8;1-2-9(11)10-8-6-4-3-5-7-8/h4-5H,3,6H2,1-2H3,(H,10,11);8H,2-7H2,1H3,(H,10,11). The van der Waals surface area contributed by atoms with Crippen molar-refractivity contribution in [3.63, 3.8) is 0 Å². The Morgan fingerprint density at radius 3 is 2.26 bits per heavy atom. The highest BCUT2D eigenvalue weighted by Crippen LogP contribution is 2.17. The van der Waals surface area contributed by atoms with Crippen LogP contribution in [-0.4, -0.2) is 17.9 Å². The van der Waals surface area contributed by atoms with Gasteiger partial charge in [-0.05, 0) is 31.9 Å². The molecule has 0 saturated heterocycles. The van der Waals surface area contributed by atoms with Crippen LogP contribution in [0.25, 0.3) is 0 Å². The summed E-state index contributed by atoms with van der Waals surface area (Å²) < 4.78 is 0. The SMILES string of the molecule is CCC(=O)NC1CCCCC1.CCC(=O)NCc1ccc(C)s1. The normalized spacial score (nSPS) is 14.6. The third-order valence-electron chi connectivity index (χ3n) is 3.87. The summed E-state index contributed by atoms with van der Waals surface area (Å²) in [5, 5.41) is 5.86. The zero-order valence-electron chi connectivity index (χ0n) is 14.6. The highest BCUT2D eigenvalue weighted by atomic mass is 32.1. The van der Waals surface area contributed by atoms with Crippen LogP contribution in [0.4, 0.5) is 0 Å². The van der Waals surface area contributed by atoms with Crippen molar-refractivity contribution in [3.05, 3.63) is 21.9 Å². The fraction of sp³-hybridized carbons (Fsp3) is 0.667. The van der Waals surface area contributed by atoms with Gasteiger partial charge in [0.2, 0.25) is 11.8 Å². The molecule has 1 aliphatic carbocycles. The number of amides is 2. The first-order valence-electron chi connectivity index (χ1n) is 8.66. The summed E-state index contributed by atoms with van der Waals surface area (Å²) in [6, 6.07) is 4.60. The van der Waals surface area contributed by atoms with E-state index in [2.05, 4.69) is 29.7 Å². The summed E-state index contributed by atoms with van der Waals surface area (Å²) in [6.07, 6.45) is 7.47. The summed E-state index contributed by atoms with van der Waals surface area (Å²) in [7, 11) is 0. The minimum Gasteiger partial charge on any atom is -0.353 e. The predicted molar refractivity (Wildman–Crippen MR) is 96.5 cm³/mol. The lowest BCUT2D eigenvalue weighted by Crippen LogP contribution is -2.35. The summed E-state index contributed by atoms with van der Waals surface area (Å²) in [4.78, 5) is 24.4. The van der Waals surface area contributed by atoms with E-state index in [1.165, 1.54) is 41.9 Å². The molecule has 130 valence electrons. The van der Waals surface area contributed by atoms with Crippen LogP contribution in [0.1, 0.15) is 68.5 Å². The van der Waals surface area contributed by atoms with Gasteiger partial charge in [0.1, 0.15) is 0 Å². The fourth-order valence-electron chi connectivity index (χ4n) is 2.47. The Balaban J connectivity index is 0.000000231. The van der Waals surface area contributed by atoms with Crippen molar-refractivity contribution in [2.45, 2.75) is 78.3 Å². The van der Waals surface area contributed by atoms with Crippen LogP contribution >= 0.6 is 11.3 Å². The van der Waals surface area contributed by atoms with Gasteiger partial charge in [-0.25, -0.2) is 0 Å². The van der Waals surface area contributed by atoms with Gasteiger partial charge in [-0.15, -0.1) is 11.3 Å². The summed E-state index contributed by atoms with van der Waals surface area (Å²) in [6.45, 7) is 6.49. The number of aryl methyl sites for hydroxylation is 1. The topological polar surface area (TPSA) is 58.2 Å². The maximum Gasteiger partial charge on any atom is 0.220 e. The first-order chi connectivity index (χ1) is 11.0. The van der Waals surface area contributed by atoms with Crippen LogP contribution in [0.3, 0.4) is 0 Å². The monoisotopic (exact) mass is 338 g/mol. The van der Waals surface area contributed by atoms with Crippen molar-refractivity contribution >= 4 is 23.2 Å². The highest BCUT2D eigenvalue weighted by molar-refractivity contribution is 7.11. The van der Waals surface area contributed by atoms with Crippen molar-refractivity contribution in [3.8, 4) is 0 Å². The van der Waals surface area contributed by atoms with Crippen molar-refractivity contribution in [1.29, 1.82) is 0 Å². The molecule has 0 atom stereocenters. The molecule has 2 rings (SSSR count). The van der Waals surface area contributed by atoms with Gasteiger partial charge in [0.25, 0.3) is 0 Å². The van der Waals surface area contributed by atoms with Crippen LogP contribution < -0.4 is 10.6 Å². The van der Waals surface area contributed by atoms with E-state index in [0.29, 0.717) is 25.4 Å². The summed E-state index contributed by atoms with van der Waals surface area (Å²) in [5.74, 6) is 0.318. The molecule has 1 aromatic heterocycles. The van der Waals surface area contributed by atoms with Gasteiger partial charge in [-0.1, -0.05) is 33.1 Å². The number of carbonyl (C=O) groups excluding carboxylic acids is 2. The number of hydrogen-bond donors (Lipinski definition) is 2. The Hall–Kier alpha value is -1.36. The largest absolute Gasteiger partial charge is 0.353 e. The van der Waals surface area contributed by atoms with E-state index in [-0.39, 0.29) is 11.8 Å². The zero-order valence-corrected chi connectivity index (χ0v) is 15.4. The van der Waals surface area contributed by atoms with E-state index < -0.39 is 0 Å². The third-order valence-corrected chi connectivity index (χ3v) is 4.87. The third kappa shape index (κ3) is 8.74. The second-order valence-corrected chi connectivity index (χ2v) is 7.27. The highest BCUT2D eigenvalue weighted by Gasteiger charge is 2.13. The lowest BCUT2D eigenvalue weighted by Gasteiger charge is -2.22. The van der Waals surface area contributed by atoms with E-state index in [9.17, 15) is 9.59 Å². The van der Waals surface area contributed by atoms with E-state index in [1.807, 2.05) is 13.8 Å². The van der Waals surface area contributed by atoms with Crippen LogP contribution in [0.15, 0.2) is 12.1 Å². The van der Waals surface area contributed by atoms with E-state index >= 15 is 0 Å². The van der Waals surface area contributed by atoms with Gasteiger partial charge in [-0.3, -0.25) is 9.59 Å². The molecule has 1 aromatic rings. The van der Waals surface area contributed by atoms with Gasteiger partial charge in [0.05, 0.1) is 6.54 Å². The zero-order chi connectivity index (χ0) is 17.1. The minimum absolute atomic E-state index is 0.112. The van der Waals surface area contributed by atoms with E-state index in [4.69, 9.17) is 0 Å². The minimum atomic E-state index is 0.112. The molecule has 0 unspecified atom stereocenters. The second kappa shape index (κ2) is 11.2. The van der Waals surface area contributed by atoms with Crippen LogP contribution in [-0.2, 0) is 16.1 Å². The second-order valence-electron chi connectivity index (χ2n) is 5.90. The Bertz CT molecular complexity index is 479. The number of hydrogen-bond acceptors (Lipinski definition) is 3. The number of nitrogens with one attached hydrogen (secondary N) is 2. The molecule has 1 saturated carbocycles. The van der Waals surface area contributed by atoms with Crippen LogP contribution in [0.2, 0.25) is 0 Å². The first kappa shape index (κ1) is 19.7. The molecule has 23 heavy (non-hydrogen) atoms. The lowest BCUT2D eigenvalue weighted by molar-refractivity contribution is -0.122. The average Bonchev–Trinajstić information content (AvgIpc) is 2.99. The molecule has 5 heteroatoms. The molecule has 0 spiro atoms. The predicted octanol–water partition coefficient (Wildman–Crippen LogP) is 3.93. The van der Waals surface area contributed by atoms with Crippen molar-refractivity contribution in [2.24, 2.45) is 0 Å². The van der Waals surface area contributed by atoms with Gasteiger partial charge >= 0.3 is 0 Å². The van der Waals surface area contributed by atoms with Crippen LogP contribution in [0, 0.1) is 6.92 Å². The fourth-order valence-corrected chi connectivity index (χ4v) is 3.30. The molecular formula is C18H30N2O2S. The molecule has 0 bridgehead atoms. The number of rotatable bonds is 5. The molecular weight excluding hydrogens is 308 g/mol. The molecule has 0 aromatic carbocycles. The average molecular weight is 339 g/mol. The van der Waals surface area contributed by atoms with E-state index in [1.54, 1.807) is 11.3 Å². The number of carbonyl (C=O) groups is 2. The maximum atomic E-state index is 11.0. The summed E-state index contributed by atoms with van der Waals surface area (Å²) >= 11 is 1.73. The molecule has 1 fully saturated rings. The first-order valence-corrected chi connectivity index (χ1v) is 9.48. The van der Waals surface area contributed by atoms with Gasteiger partial charge in [-0.2, -0.15) is 0 Å². The van der Waals surface area contributed by atoms with Gasteiger partial charge < -0.3 is 10.6 Å². The Kier molecular flexibility index (Phi) is 9.60. The maximum absolute atomic E-state index is 11.0. The summed E-state index contributed by atoms with van der Waals surface area (Å²) in [5.41, 5.74) is 0. The quantitative estimate of drug-likeness (QED) is 0.854. The van der Waals surface area contributed by atoms with Crippen molar-refractivity contribution in [2.75, 3.05) is 0 Å². The van der Waals surface area contributed by atoms with Crippen molar-refractivity contribution in [1.82, 2.24) is 10.6 Å². The Morgan fingerprint density at radius 1 is 1.09 bits per heavy atom. The molecule has 0 radical (unpaired) electrons. The van der Waals surface area contributed by atoms with Gasteiger partial charge in [0, 0.05) is 28.6 Å². The smallest absolute Gasteiger partial charge is 0.220 e. The molecule has 0 aliphatic heterocycles. The van der Waals surface area contributed by atoms with Crippen LogP contribution in [0.5, 0.6) is 0 Å². The molecule has 1 aliphatic rings. The lowest BCUT2D eigenvalue weighted by atomic mass is 9.95. The molecule has 2 amide bonds. The van der Waals surface area contributed by atoms with Gasteiger partial charge in [0.15, 0.2) is 0 Å².